The Labute approximate surface area is 137 Å². The summed E-state index contributed by atoms with van der Waals surface area (Å²) in [7, 11) is 0. The Bertz CT molecular complexity index is 721. The van der Waals surface area contributed by atoms with E-state index in [1.165, 1.54) is 22.9 Å². The highest BCUT2D eigenvalue weighted by Crippen LogP contribution is 2.22. The van der Waals surface area contributed by atoms with Gasteiger partial charge in [0.15, 0.2) is 0 Å². The molecule has 1 saturated heterocycles. The maximum Gasteiger partial charge on any atom is 0.320 e. The fourth-order valence-corrected chi connectivity index (χ4v) is 3.08. The van der Waals surface area contributed by atoms with E-state index in [1.54, 1.807) is 6.20 Å². The third-order valence-corrected chi connectivity index (χ3v) is 4.26. The van der Waals surface area contributed by atoms with Gasteiger partial charge < -0.3 is 5.11 Å². The minimum atomic E-state index is -0.807. The predicted octanol–water partition coefficient (Wildman–Crippen LogP) is 2.50. The van der Waals surface area contributed by atoms with Gasteiger partial charge in [0.05, 0.1) is 22.6 Å². The van der Waals surface area contributed by atoms with Crippen LogP contribution in [0.2, 0.25) is 5.02 Å². The zero-order valence-corrected chi connectivity index (χ0v) is 13.1. The molecule has 2 heterocycles. The fourth-order valence-electron chi connectivity index (χ4n) is 2.82. The first-order chi connectivity index (χ1) is 11.0. The van der Waals surface area contributed by atoms with Crippen molar-refractivity contribution in [3.63, 3.8) is 0 Å². The molecular formula is C15H16ClFN4O2. The number of benzene rings is 1. The van der Waals surface area contributed by atoms with E-state index in [0.29, 0.717) is 24.3 Å². The molecule has 23 heavy (non-hydrogen) atoms. The number of likely N-dealkylation sites (tertiary alicyclic amines) is 1. The molecule has 0 bridgehead atoms. The van der Waals surface area contributed by atoms with Crippen LogP contribution in [0.25, 0.3) is 5.69 Å². The van der Waals surface area contributed by atoms with Crippen molar-refractivity contribution in [2.75, 3.05) is 6.54 Å². The number of rotatable bonds is 4. The van der Waals surface area contributed by atoms with Gasteiger partial charge in [0.1, 0.15) is 11.9 Å². The second-order valence-electron chi connectivity index (χ2n) is 5.57. The highest BCUT2D eigenvalue weighted by Gasteiger charge is 2.28. The SMILES string of the molecule is O=C(O)C1CCCCN1Cc1cn(-c2ccc(F)cc2Cl)nn1. The lowest BCUT2D eigenvalue weighted by molar-refractivity contribution is -0.144. The molecule has 2 aromatic rings. The number of halogens is 2. The molecule has 1 fully saturated rings. The molecule has 1 aliphatic rings. The average molecular weight is 339 g/mol. The van der Waals surface area contributed by atoms with Gasteiger partial charge in [0.25, 0.3) is 0 Å². The molecule has 1 aliphatic heterocycles. The molecule has 1 unspecified atom stereocenters. The summed E-state index contributed by atoms with van der Waals surface area (Å²) >= 11 is 6.01. The van der Waals surface area contributed by atoms with E-state index in [4.69, 9.17) is 11.6 Å². The summed E-state index contributed by atoms with van der Waals surface area (Å²) in [4.78, 5) is 13.2. The summed E-state index contributed by atoms with van der Waals surface area (Å²) in [5.41, 5.74) is 1.18. The van der Waals surface area contributed by atoms with Gasteiger partial charge in [0, 0.05) is 6.54 Å². The molecular weight excluding hydrogens is 323 g/mol. The third kappa shape index (κ3) is 3.51. The van der Waals surface area contributed by atoms with Crippen molar-refractivity contribution < 1.29 is 14.3 Å². The number of nitrogens with zero attached hydrogens (tertiary/aromatic N) is 4. The molecule has 122 valence electrons. The predicted molar refractivity (Wildman–Crippen MR) is 82.0 cm³/mol. The molecule has 0 radical (unpaired) electrons. The molecule has 3 rings (SSSR count). The summed E-state index contributed by atoms with van der Waals surface area (Å²) < 4.78 is 14.6. The largest absolute Gasteiger partial charge is 0.480 e. The molecule has 1 N–H and O–H groups in total. The molecule has 1 atom stereocenters. The van der Waals surface area contributed by atoms with E-state index < -0.39 is 17.8 Å². The molecule has 0 aliphatic carbocycles. The Morgan fingerprint density at radius 1 is 1.43 bits per heavy atom. The van der Waals surface area contributed by atoms with Crippen molar-refractivity contribution in [1.82, 2.24) is 19.9 Å². The maximum atomic E-state index is 13.1. The number of aliphatic carboxylic acids is 1. The zero-order chi connectivity index (χ0) is 16.4. The molecule has 0 spiro atoms. The summed E-state index contributed by atoms with van der Waals surface area (Å²) in [6, 6.07) is 3.55. The Hall–Kier alpha value is -1.99. The van der Waals surface area contributed by atoms with Crippen molar-refractivity contribution in [2.45, 2.75) is 31.8 Å². The van der Waals surface area contributed by atoms with Gasteiger partial charge in [-0.15, -0.1) is 5.10 Å². The molecule has 1 aromatic carbocycles. The average Bonchev–Trinajstić information content (AvgIpc) is 2.96. The summed E-state index contributed by atoms with van der Waals surface area (Å²) in [6.45, 7) is 1.14. The molecule has 0 amide bonds. The number of hydrogen-bond acceptors (Lipinski definition) is 4. The van der Waals surface area contributed by atoms with E-state index in [-0.39, 0.29) is 5.02 Å². The number of carbonyl (C=O) groups is 1. The summed E-state index contributed by atoms with van der Waals surface area (Å²) in [5, 5.41) is 17.6. The van der Waals surface area contributed by atoms with Gasteiger partial charge in [-0.1, -0.05) is 23.2 Å². The van der Waals surface area contributed by atoms with Crippen molar-refractivity contribution in [3.8, 4) is 5.69 Å². The zero-order valence-electron chi connectivity index (χ0n) is 12.3. The maximum absolute atomic E-state index is 13.1. The Morgan fingerprint density at radius 2 is 2.26 bits per heavy atom. The Balaban J connectivity index is 1.77. The van der Waals surface area contributed by atoms with Crippen LogP contribution >= 0.6 is 11.6 Å². The number of carboxylic acid groups (broad SMARTS) is 1. The minimum absolute atomic E-state index is 0.239. The van der Waals surface area contributed by atoms with Gasteiger partial charge in [-0.3, -0.25) is 9.69 Å². The van der Waals surface area contributed by atoms with Crippen LogP contribution in [-0.4, -0.2) is 43.6 Å². The van der Waals surface area contributed by atoms with Crippen LogP contribution in [-0.2, 0) is 11.3 Å². The lowest BCUT2D eigenvalue weighted by Gasteiger charge is -2.31. The molecule has 1 aromatic heterocycles. The minimum Gasteiger partial charge on any atom is -0.480 e. The van der Waals surface area contributed by atoms with Gasteiger partial charge >= 0.3 is 5.97 Å². The normalized spacial score (nSPS) is 19.0. The van der Waals surface area contributed by atoms with Gasteiger partial charge in [-0.25, -0.2) is 9.07 Å². The number of aromatic nitrogens is 3. The van der Waals surface area contributed by atoms with E-state index in [2.05, 4.69) is 10.3 Å². The first-order valence-corrected chi connectivity index (χ1v) is 7.76. The van der Waals surface area contributed by atoms with Crippen LogP contribution in [0, 0.1) is 5.82 Å². The van der Waals surface area contributed by atoms with Crippen LogP contribution in [0.15, 0.2) is 24.4 Å². The topological polar surface area (TPSA) is 71.2 Å². The van der Waals surface area contributed by atoms with Crippen molar-refractivity contribution >= 4 is 17.6 Å². The van der Waals surface area contributed by atoms with E-state index >= 15 is 0 Å². The van der Waals surface area contributed by atoms with E-state index in [1.807, 2.05) is 4.90 Å². The van der Waals surface area contributed by atoms with Crippen LogP contribution in [0.3, 0.4) is 0 Å². The van der Waals surface area contributed by atoms with Gasteiger partial charge in [0.2, 0.25) is 0 Å². The van der Waals surface area contributed by atoms with Crippen molar-refractivity contribution in [1.29, 1.82) is 0 Å². The van der Waals surface area contributed by atoms with Crippen molar-refractivity contribution in [2.24, 2.45) is 0 Å². The molecule has 0 saturated carbocycles. The van der Waals surface area contributed by atoms with Crippen LogP contribution in [0.1, 0.15) is 25.0 Å². The monoisotopic (exact) mass is 338 g/mol. The fraction of sp³-hybridized carbons (Fsp3) is 0.400. The highest BCUT2D eigenvalue weighted by molar-refractivity contribution is 6.32. The first kappa shape index (κ1) is 15.9. The third-order valence-electron chi connectivity index (χ3n) is 3.96. The second kappa shape index (κ2) is 6.64. The van der Waals surface area contributed by atoms with Crippen LogP contribution in [0.4, 0.5) is 4.39 Å². The number of piperidine rings is 1. The Kier molecular flexibility index (Phi) is 4.58. The quantitative estimate of drug-likeness (QED) is 0.927. The van der Waals surface area contributed by atoms with Gasteiger partial charge in [-0.2, -0.15) is 0 Å². The first-order valence-electron chi connectivity index (χ1n) is 7.38. The lowest BCUT2D eigenvalue weighted by atomic mass is 10.0. The Morgan fingerprint density at radius 3 is 3.00 bits per heavy atom. The molecule has 6 nitrogen and oxygen atoms in total. The summed E-state index contributed by atoms with van der Waals surface area (Å²) in [5.74, 6) is -1.23. The van der Waals surface area contributed by atoms with E-state index in [9.17, 15) is 14.3 Å². The number of carboxylic acids is 1. The van der Waals surface area contributed by atoms with Crippen molar-refractivity contribution in [3.05, 3.63) is 40.9 Å². The highest BCUT2D eigenvalue weighted by atomic mass is 35.5. The molecule has 8 heteroatoms. The van der Waals surface area contributed by atoms with Crippen LogP contribution in [0.5, 0.6) is 0 Å². The van der Waals surface area contributed by atoms with Crippen LogP contribution < -0.4 is 0 Å². The summed E-state index contributed by atoms with van der Waals surface area (Å²) in [6.07, 6.45) is 4.23. The second-order valence-corrected chi connectivity index (χ2v) is 5.98. The smallest absolute Gasteiger partial charge is 0.320 e. The lowest BCUT2D eigenvalue weighted by Crippen LogP contribution is -2.44. The standard InChI is InChI=1S/C15H16ClFN4O2/c16-12-7-10(17)4-5-13(12)21-9-11(18-19-21)8-20-6-2-1-3-14(20)15(22)23/h4-5,7,9,14H,1-3,6,8H2,(H,22,23). The van der Waals surface area contributed by atoms with E-state index in [0.717, 1.165) is 19.4 Å². The van der Waals surface area contributed by atoms with Gasteiger partial charge in [-0.05, 0) is 37.6 Å². The number of hydrogen-bond donors (Lipinski definition) is 1.